The molecule has 2 amide bonds. The predicted octanol–water partition coefficient (Wildman–Crippen LogP) is 2.58. The number of hydrogen-bond acceptors (Lipinski definition) is 5. The maximum atomic E-state index is 12.5. The molecule has 146 valence electrons. The third-order valence-corrected chi connectivity index (χ3v) is 3.52. The summed E-state index contributed by atoms with van der Waals surface area (Å²) in [7, 11) is 1.20. The zero-order chi connectivity index (χ0) is 20.6. The number of rotatable bonds is 5. The molecule has 0 saturated heterocycles. The SMILES string of the molecule is COC(=O)[C@@H](NC(=O)c1ccc(C#CBr)cc1)[C@@H](C)NC(=O)OC(C)(C)C. The average molecular weight is 439 g/mol. The van der Waals surface area contributed by atoms with Crippen LogP contribution in [0.15, 0.2) is 24.3 Å². The van der Waals surface area contributed by atoms with Crippen molar-refractivity contribution in [1.29, 1.82) is 0 Å². The second-order valence-electron chi connectivity index (χ2n) is 6.71. The molecule has 0 saturated carbocycles. The molecule has 0 aliphatic rings. The van der Waals surface area contributed by atoms with Crippen LogP contribution in [0, 0.1) is 10.8 Å². The number of amides is 2. The lowest BCUT2D eigenvalue weighted by Crippen LogP contribution is -2.55. The summed E-state index contributed by atoms with van der Waals surface area (Å²) in [6, 6.07) is 4.69. The lowest BCUT2D eigenvalue weighted by Gasteiger charge is -2.26. The zero-order valence-electron chi connectivity index (χ0n) is 15.9. The highest BCUT2D eigenvalue weighted by Crippen LogP contribution is 2.09. The van der Waals surface area contributed by atoms with Crippen molar-refractivity contribution in [2.24, 2.45) is 0 Å². The molecule has 1 aromatic carbocycles. The second-order valence-corrected chi connectivity index (χ2v) is 7.10. The zero-order valence-corrected chi connectivity index (χ0v) is 17.5. The summed E-state index contributed by atoms with van der Waals surface area (Å²) in [5.74, 6) is 1.63. The van der Waals surface area contributed by atoms with Gasteiger partial charge in [0.2, 0.25) is 0 Å². The van der Waals surface area contributed by atoms with Gasteiger partial charge in [-0.3, -0.25) is 4.79 Å². The van der Waals surface area contributed by atoms with Crippen LogP contribution in [-0.2, 0) is 14.3 Å². The monoisotopic (exact) mass is 438 g/mol. The third kappa shape index (κ3) is 7.71. The smallest absolute Gasteiger partial charge is 0.407 e. The van der Waals surface area contributed by atoms with Crippen molar-refractivity contribution in [2.45, 2.75) is 45.4 Å². The molecular weight excluding hydrogens is 416 g/mol. The van der Waals surface area contributed by atoms with Crippen molar-refractivity contribution in [3.63, 3.8) is 0 Å². The molecule has 0 unspecified atom stereocenters. The van der Waals surface area contributed by atoms with Gasteiger partial charge in [0.05, 0.1) is 13.2 Å². The van der Waals surface area contributed by atoms with Crippen molar-refractivity contribution in [2.75, 3.05) is 7.11 Å². The van der Waals surface area contributed by atoms with Gasteiger partial charge < -0.3 is 20.1 Å². The van der Waals surface area contributed by atoms with Gasteiger partial charge in [-0.1, -0.05) is 5.92 Å². The maximum absolute atomic E-state index is 12.5. The maximum Gasteiger partial charge on any atom is 0.407 e. The van der Waals surface area contributed by atoms with Gasteiger partial charge in [-0.15, -0.1) is 0 Å². The fourth-order valence-corrected chi connectivity index (χ4v) is 2.30. The summed E-state index contributed by atoms with van der Waals surface area (Å²) in [5, 5.41) is 5.11. The van der Waals surface area contributed by atoms with Gasteiger partial charge >= 0.3 is 12.1 Å². The van der Waals surface area contributed by atoms with E-state index in [0.717, 1.165) is 5.56 Å². The molecule has 0 spiro atoms. The molecule has 0 radical (unpaired) electrons. The molecule has 27 heavy (non-hydrogen) atoms. The highest BCUT2D eigenvalue weighted by molar-refractivity contribution is 9.12. The lowest BCUT2D eigenvalue weighted by atomic mass is 10.1. The van der Waals surface area contributed by atoms with Crippen LogP contribution in [0.2, 0.25) is 0 Å². The van der Waals surface area contributed by atoms with Crippen LogP contribution in [0.5, 0.6) is 0 Å². The number of halogens is 1. The van der Waals surface area contributed by atoms with Crippen molar-refractivity contribution in [1.82, 2.24) is 10.6 Å². The molecule has 0 aliphatic carbocycles. The number of esters is 1. The predicted molar refractivity (Wildman–Crippen MR) is 104 cm³/mol. The summed E-state index contributed by atoms with van der Waals surface area (Å²) in [6.07, 6.45) is -0.698. The summed E-state index contributed by atoms with van der Waals surface area (Å²) < 4.78 is 9.90. The van der Waals surface area contributed by atoms with E-state index in [2.05, 4.69) is 37.3 Å². The van der Waals surface area contributed by atoms with E-state index < -0.39 is 35.7 Å². The number of carbonyl (C=O) groups excluding carboxylic acids is 3. The van der Waals surface area contributed by atoms with Crippen molar-refractivity contribution < 1.29 is 23.9 Å². The number of ether oxygens (including phenoxy) is 2. The van der Waals surface area contributed by atoms with E-state index in [1.54, 1.807) is 52.0 Å². The molecule has 2 N–H and O–H groups in total. The van der Waals surface area contributed by atoms with Crippen LogP contribution in [0.1, 0.15) is 43.6 Å². The highest BCUT2D eigenvalue weighted by atomic mass is 79.9. The van der Waals surface area contributed by atoms with E-state index >= 15 is 0 Å². The van der Waals surface area contributed by atoms with E-state index in [-0.39, 0.29) is 0 Å². The van der Waals surface area contributed by atoms with Crippen molar-refractivity contribution >= 4 is 33.9 Å². The second kappa shape index (κ2) is 9.97. The Morgan fingerprint density at radius 2 is 1.70 bits per heavy atom. The Labute approximate surface area is 167 Å². The minimum Gasteiger partial charge on any atom is -0.467 e. The lowest BCUT2D eigenvalue weighted by molar-refractivity contribution is -0.143. The van der Waals surface area contributed by atoms with Crippen molar-refractivity contribution in [3.8, 4) is 10.8 Å². The van der Waals surface area contributed by atoms with E-state index in [1.165, 1.54) is 7.11 Å². The first-order valence-electron chi connectivity index (χ1n) is 8.17. The summed E-state index contributed by atoms with van der Waals surface area (Å²) in [4.78, 5) is 39.0. The van der Waals surface area contributed by atoms with E-state index in [1.807, 2.05) is 0 Å². The Morgan fingerprint density at radius 1 is 1.11 bits per heavy atom. The van der Waals surface area contributed by atoms with E-state index in [9.17, 15) is 14.4 Å². The van der Waals surface area contributed by atoms with Crippen LogP contribution in [-0.4, -0.2) is 42.8 Å². The molecule has 8 heteroatoms. The van der Waals surface area contributed by atoms with Crippen LogP contribution >= 0.6 is 15.9 Å². The first kappa shape index (κ1) is 22.5. The molecule has 7 nitrogen and oxygen atoms in total. The fourth-order valence-electron chi connectivity index (χ4n) is 2.08. The molecule has 0 heterocycles. The Bertz CT molecular complexity index is 744. The number of alkyl carbamates (subject to hydrolysis) is 1. The number of nitrogens with one attached hydrogen (secondary N) is 2. The summed E-state index contributed by atoms with van der Waals surface area (Å²) in [6.45, 7) is 6.74. The fraction of sp³-hybridized carbons (Fsp3) is 0.421. The van der Waals surface area contributed by atoms with Gasteiger partial charge in [0.1, 0.15) is 11.6 Å². The number of carbonyl (C=O) groups is 3. The van der Waals surface area contributed by atoms with Crippen LogP contribution in [0.25, 0.3) is 0 Å². The molecule has 0 fully saturated rings. The number of methoxy groups -OCH3 is 1. The van der Waals surface area contributed by atoms with Gasteiger partial charge in [0, 0.05) is 27.1 Å². The first-order chi connectivity index (χ1) is 12.6. The Balaban J connectivity index is 2.86. The topological polar surface area (TPSA) is 93.7 Å². The van der Waals surface area contributed by atoms with Gasteiger partial charge in [0.25, 0.3) is 5.91 Å². The largest absolute Gasteiger partial charge is 0.467 e. The van der Waals surface area contributed by atoms with Crippen LogP contribution in [0.3, 0.4) is 0 Å². The third-order valence-electron chi connectivity index (χ3n) is 3.32. The summed E-state index contributed by atoms with van der Waals surface area (Å²) >= 11 is 3.01. The normalized spacial score (nSPS) is 12.7. The standard InChI is InChI=1S/C19H23BrN2O5/c1-12(21-18(25)27-19(2,3)4)15(17(24)26-5)22-16(23)14-8-6-13(7-9-14)10-11-20/h6-9,12,15H,1-5H3,(H,21,25)(H,22,23)/t12-,15+/m1/s1. The minimum atomic E-state index is -1.09. The Hall–Kier alpha value is -2.53. The van der Waals surface area contributed by atoms with Gasteiger partial charge in [-0.05, 0) is 56.8 Å². The Kier molecular flexibility index (Phi) is 8.32. The van der Waals surface area contributed by atoms with Gasteiger partial charge in [0.15, 0.2) is 0 Å². The molecular formula is C19H23BrN2O5. The number of hydrogen-bond donors (Lipinski definition) is 2. The Morgan fingerprint density at radius 3 is 2.19 bits per heavy atom. The number of benzene rings is 1. The van der Waals surface area contributed by atoms with Gasteiger partial charge in [-0.25, -0.2) is 9.59 Å². The molecule has 0 aromatic heterocycles. The minimum absolute atomic E-state index is 0.341. The van der Waals surface area contributed by atoms with Crippen LogP contribution < -0.4 is 10.6 Å². The van der Waals surface area contributed by atoms with E-state index in [4.69, 9.17) is 9.47 Å². The molecule has 1 rings (SSSR count). The van der Waals surface area contributed by atoms with Crippen LogP contribution in [0.4, 0.5) is 4.79 Å². The quantitative estimate of drug-likeness (QED) is 0.544. The summed E-state index contributed by atoms with van der Waals surface area (Å²) in [5.41, 5.74) is 0.384. The van der Waals surface area contributed by atoms with Crippen molar-refractivity contribution in [3.05, 3.63) is 35.4 Å². The van der Waals surface area contributed by atoms with E-state index in [0.29, 0.717) is 5.56 Å². The molecule has 0 bridgehead atoms. The molecule has 0 aliphatic heterocycles. The van der Waals surface area contributed by atoms with Gasteiger partial charge in [-0.2, -0.15) is 0 Å². The average Bonchev–Trinajstić information content (AvgIpc) is 2.57. The molecule has 1 aromatic rings. The first-order valence-corrected chi connectivity index (χ1v) is 8.96. The molecule has 2 atom stereocenters. The highest BCUT2D eigenvalue weighted by Gasteiger charge is 2.30.